The zero-order chi connectivity index (χ0) is 11.5. The van der Waals surface area contributed by atoms with Gasteiger partial charge in [-0.2, -0.15) is 18.2 Å². The average molecular weight is 220 g/mol. The molecule has 0 aliphatic heterocycles. The minimum absolute atomic E-state index is 0.271. The van der Waals surface area contributed by atoms with Gasteiger partial charge in [-0.25, -0.2) is 4.98 Å². The topological polar surface area (TPSA) is 52.1 Å². The van der Waals surface area contributed by atoms with E-state index in [4.69, 9.17) is 4.74 Å². The Balaban J connectivity index is 2.79. The number of hydrogen-bond donors (Lipinski definition) is 0. The summed E-state index contributed by atoms with van der Waals surface area (Å²) in [6.07, 6.45) is -3.69. The molecule has 1 aromatic rings. The molecule has 0 aliphatic rings. The summed E-state index contributed by atoms with van der Waals surface area (Å²) in [6.45, 7) is 0.945. The van der Waals surface area contributed by atoms with Crippen LogP contribution in [0.25, 0.3) is 0 Å². The molecule has 1 rings (SSSR count). The number of aromatic nitrogens is 2. The van der Waals surface area contributed by atoms with Crippen LogP contribution in [0, 0.1) is 0 Å². The summed E-state index contributed by atoms with van der Waals surface area (Å²) in [5.41, 5.74) is 0. The molecule has 0 spiro atoms. The van der Waals surface area contributed by atoms with Crippen molar-refractivity contribution in [2.24, 2.45) is 0 Å². The quantitative estimate of drug-likeness (QED) is 0.773. The van der Waals surface area contributed by atoms with Crippen LogP contribution >= 0.6 is 0 Å². The van der Waals surface area contributed by atoms with Crippen molar-refractivity contribution in [1.82, 2.24) is 9.97 Å². The molecule has 0 saturated heterocycles. The van der Waals surface area contributed by atoms with Crippen LogP contribution in [0.15, 0.2) is 12.3 Å². The maximum atomic E-state index is 12.1. The summed E-state index contributed by atoms with van der Waals surface area (Å²) in [5.74, 6) is -1.86. The molecule has 1 heterocycles. The number of alkyl halides is 3. The summed E-state index contributed by atoms with van der Waals surface area (Å²) >= 11 is 0. The lowest BCUT2D eigenvalue weighted by molar-refractivity contribution is -0.145. The fraction of sp³-hybridized carbons (Fsp3) is 0.375. The van der Waals surface area contributed by atoms with Gasteiger partial charge in [-0.3, -0.25) is 4.79 Å². The number of nitrogens with zero attached hydrogens (tertiary/aromatic N) is 2. The molecule has 0 saturated carbocycles. The first-order valence-corrected chi connectivity index (χ1v) is 3.92. The van der Waals surface area contributed by atoms with E-state index in [9.17, 15) is 18.0 Å². The van der Waals surface area contributed by atoms with Crippen molar-refractivity contribution in [2.75, 3.05) is 6.61 Å². The van der Waals surface area contributed by atoms with Crippen LogP contribution < -0.4 is 4.74 Å². The van der Waals surface area contributed by atoms with E-state index in [1.165, 1.54) is 6.92 Å². The number of ketones is 1. The van der Waals surface area contributed by atoms with Gasteiger partial charge < -0.3 is 4.74 Å². The molecule has 82 valence electrons. The lowest BCUT2D eigenvalue weighted by Gasteiger charge is -2.06. The van der Waals surface area contributed by atoms with Gasteiger partial charge in [-0.1, -0.05) is 0 Å². The molecular formula is C8H7F3N2O2. The van der Waals surface area contributed by atoms with E-state index in [1.54, 1.807) is 0 Å². The van der Waals surface area contributed by atoms with Crippen molar-refractivity contribution in [2.45, 2.75) is 13.1 Å². The van der Waals surface area contributed by atoms with Crippen LogP contribution in [-0.2, 0) is 11.0 Å². The van der Waals surface area contributed by atoms with Gasteiger partial charge in [0.05, 0.1) is 0 Å². The monoisotopic (exact) mass is 220 g/mol. The molecular weight excluding hydrogens is 213 g/mol. The molecule has 15 heavy (non-hydrogen) atoms. The third-order valence-corrected chi connectivity index (χ3v) is 1.31. The second-order valence-electron chi connectivity index (χ2n) is 2.71. The van der Waals surface area contributed by atoms with Crippen LogP contribution in [0.1, 0.15) is 12.7 Å². The second kappa shape index (κ2) is 4.24. The summed E-state index contributed by atoms with van der Waals surface area (Å²) < 4.78 is 41.1. The first-order chi connectivity index (χ1) is 6.89. The Kier molecular flexibility index (Phi) is 3.23. The van der Waals surface area contributed by atoms with Crippen molar-refractivity contribution in [3.8, 4) is 5.88 Å². The summed E-state index contributed by atoms with van der Waals surface area (Å²) in [4.78, 5) is 16.7. The van der Waals surface area contributed by atoms with Crippen LogP contribution in [0.2, 0.25) is 0 Å². The highest BCUT2D eigenvalue weighted by Crippen LogP contribution is 2.26. The Bertz CT molecular complexity index is 365. The number of carbonyl (C=O) groups is 1. The first-order valence-electron chi connectivity index (χ1n) is 3.92. The van der Waals surface area contributed by atoms with Crippen LogP contribution in [0.3, 0.4) is 0 Å². The van der Waals surface area contributed by atoms with Crippen LogP contribution in [0.4, 0.5) is 13.2 Å². The molecule has 0 N–H and O–H groups in total. The minimum atomic E-state index is -4.62. The van der Waals surface area contributed by atoms with E-state index < -0.39 is 12.0 Å². The van der Waals surface area contributed by atoms with E-state index in [1.807, 2.05) is 0 Å². The molecule has 1 aromatic heterocycles. The van der Waals surface area contributed by atoms with E-state index in [0.717, 1.165) is 12.3 Å². The third kappa shape index (κ3) is 3.53. The maximum Gasteiger partial charge on any atom is 0.451 e. The Morgan fingerprint density at radius 2 is 2.20 bits per heavy atom. The van der Waals surface area contributed by atoms with Gasteiger partial charge in [0.25, 0.3) is 0 Å². The fourth-order valence-electron chi connectivity index (χ4n) is 0.735. The van der Waals surface area contributed by atoms with E-state index in [0.29, 0.717) is 0 Å². The number of carbonyl (C=O) groups excluding carboxylic acids is 1. The largest absolute Gasteiger partial charge is 0.470 e. The first kappa shape index (κ1) is 11.4. The summed E-state index contributed by atoms with van der Waals surface area (Å²) in [6, 6.07) is 1.15. The Morgan fingerprint density at radius 3 is 2.73 bits per heavy atom. The molecule has 0 fully saturated rings. The number of Topliss-reactive ketones (excluding diaryl/α,β-unsaturated/α-hetero) is 1. The lowest BCUT2D eigenvalue weighted by Crippen LogP contribution is -2.13. The third-order valence-electron chi connectivity index (χ3n) is 1.31. The smallest absolute Gasteiger partial charge is 0.451 e. The van der Waals surface area contributed by atoms with E-state index in [2.05, 4.69) is 9.97 Å². The van der Waals surface area contributed by atoms with Crippen molar-refractivity contribution in [1.29, 1.82) is 0 Å². The minimum Gasteiger partial charge on any atom is -0.470 e. The van der Waals surface area contributed by atoms with Gasteiger partial charge in [0.2, 0.25) is 11.7 Å². The molecule has 0 radical (unpaired) electrons. The van der Waals surface area contributed by atoms with Gasteiger partial charge in [0.1, 0.15) is 6.61 Å². The number of ether oxygens (including phenoxy) is 1. The van der Waals surface area contributed by atoms with Gasteiger partial charge in [-0.15, -0.1) is 0 Å². The van der Waals surface area contributed by atoms with Crippen LogP contribution in [-0.4, -0.2) is 22.4 Å². The van der Waals surface area contributed by atoms with E-state index in [-0.39, 0.29) is 18.3 Å². The highest BCUT2D eigenvalue weighted by atomic mass is 19.4. The molecule has 0 aromatic carbocycles. The SMILES string of the molecule is CC(=O)COc1ccnc(C(F)(F)F)n1. The molecule has 0 atom stereocenters. The van der Waals surface area contributed by atoms with Gasteiger partial charge in [-0.05, 0) is 6.92 Å². The predicted octanol–water partition coefficient (Wildman–Crippen LogP) is 1.46. The van der Waals surface area contributed by atoms with Crippen molar-refractivity contribution >= 4 is 5.78 Å². The Labute approximate surface area is 83.1 Å². The number of rotatable bonds is 3. The van der Waals surface area contributed by atoms with Gasteiger partial charge in [0.15, 0.2) is 5.78 Å². The average Bonchev–Trinajstić information content (AvgIpc) is 2.14. The normalized spacial score (nSPS) is 11.2. The van der Waals surface area contributed by atoms with Gasteiger partial charge >= 0.3 is 6.18 Å². The lowest BCUT2D eigenvalue weighted by atomic mass is 10.5. The zero-order valence-corrected chi connectivity index (χ0v) is 7.71. The molecule has 0 amide bonds. The fourth-order valence-corrected chi connectivity index (χ4v) is 0.735. The standard InChI is InChI=1S/C8H7F3N2O2/c1-5(14)4-15-6-2-3-12-7(13-6)8(9,10)11/h2-3H,4H2,1H3. The molecule has 0 aliphatic carbocycles. The highest BCUT2D eigenvalue weighted by Gasteiger charge is 2.34. The molecule has 4 nitrogen and oxygen atoms in total. The summed E-state index contributed by atoms with van der Waals surface area (Å²) in [7, 11) is 0. The predicted molar refractivity (Wildman–Crippen MR) is 43.2 cm³/mol. The number of hydrogen-bond acceptors (Lipinski definition) is 4. The van der Waals surface area contributed by atoms with Crippen molar-refractivity contribution < 1.29 is 22.7 Å². The van der Waals surface area contributed by atoms with Crippen molar-refractivity contribution in [3.63, 3.8) is 0 Å². The summed E-state index contributed by atoms with van der Waals surface area (Å²) in [5, 5.41) is 0. The molecule has 7 heteroatoms. The second-order valence-corrected chi connectivity index (χ2v) is 2.71. The number of halogens is 3. The molecule has 0 unspecified atom stereocenters. The van der Waals surface area contributed by atoms with Crippen molar-refractivity contribution in [3.05, 3.63) is 18.1 Å². The van der Waals surface area contributed by atoms with Gasteiger partial charge in [0, 0.05) is 12.3 Å². The Morgan fingerprint density at radius 1 is 1.53 bits per heavy atom. The zero-order valence-electron chi connectivity index (χ0n) is 7.71. The highest BCUT2D eigenvalue weighted by molar-refractivity contribution is 5.76. The van der Waals surface area contributed by atoms with E-state index >= 15 is 0 Å². The Hall–Kier alpha value is -1.66. The maximum absolute atomic E-state index is 12.1. The molecule has 0 bridgehead atoms. The van der Waals surface area contributed by atoms with Crippen LogP contribution in [0.5, 0.6) is 5.88 Å².